The fourth-order valence-corrected chi connectivity index (χ4v) is 2.04. The Balaban J connectivity index is 2.04. The average molecular weight is 207 g/mol. The molecule has 1 aromatic heterocycles. The Hall–Kier alpha value is -1.32. The smallest absolute Gasteiger partial charge is 0.223 e. The molecule has 1 fully saturated rings. The van der Waals surface area contributed by atoms with Crippen molar-refractivity contribution in [3.8, 4) is 5.75 Å². The number of aromatic nitrogens is 2. The van der Waals surface area contributed by atoms with E-state index in [4.69, 9.17) is 4.74 Å². The van der Waals surface area contributed by atoms with E-state index in [2.05, 4.69) is 22.2 Å². The van der Waals surface area contributed by atoms with Gasteiger partial charge in [0.15, 0.2) is 5.75 Å². The van der Waals surface area contributed by atoms with Gasteiger partial charge in [-0.1, -0.05) is 12.8 Å². The number of anilines is 1. The van der Waals surface area contributed by atoms with E-state index < -0.39 is 0 Å². The third-order valence-corrected chi connectivity index (χ3v) is 2.98. The van der Waals surface area contributed by atoms with Crippen molar-refractivity contribution in [3.63, 3.8) is 0 Å². The Morgan fingerprint density at radius 2 is 1.87 bits per heavy atom. The summed E-state index contributed by atoms with van der Waals surface area (Å²) in [5.41, 5.74) is 0.175. The molecule has 0 amide bonds. The number of rotatable bonds is 3. The van der Waals surface area contributed by atoms with Gasteiger partial charge in [-0.2, -0.15) is 0 Å². The van der Waals surface area contributed by atoms with E-state index in [-0.39, 0.29) is 5.54 Å². The van der Waals surface area contributed by atoms with E-state index in [0.29, 0.717) is 11.7 Å². The van der Waals surface area contributed by atoms with E-state index in [1.807, 2.05) is 0 Å². The molecule has 0 unspecified atom stereocenters. The van der Waals surface area contributed by atoms with Gasteiger partial charge in [0.1, 0.15) is 0 Å². The molecule has 15 heavy (non-hydrogen) atoms. The average Bonchev–Trinajstić information content (AvgIpc) is 2.66. The molecule has 82 valence electrons. The summed E-state index contributed by atoms with van der Waals surface area (Å²) in [6.07, 6.45) is 8.35. The lowest BCUT2D eigenvalue weighted by atomic mass is 10.0. The SMILES string of the molecule is COc1cnc(NC2(C)CCCC2)nc1. The maximum absolute atomic E-state index is 5.01. The third-order valence-electron chi connectivity index (χ3n) is 2.98. The highest BCUT2D eigenvalue weighted by Crippen LogP contribution is 2.31. The monoisotopic (exact) mass is 207 g/mol. The van der Waals surface area contributed by atoms with Crippen LogP contribution in [0, 0.1) is 0 Å². The van der Waals surface area contributed by atoms with Crippen LogP contribution in [-0.2, 0) is 0 Å². The summed E-state index contributed by atoms with van der Waals surface area (Å²) in [6.45, 7) is 2.23. The Labute approximate surface area is 90.1 Å². The lowest BCUT2D eigenvalue weighted by Gasteiger charge is -2.24. The van der Waals surface area contributed by atoms with Crippen molar-refractivity contribution < 1.29 is 4.74 Å². The van der Waals surface area contributed by atoms with E-state index in [1.54, 1.807) is 19.5 Å². The van der Waals surface area contributed by atoms with Crippen LogP contribution in [-0.4, -0.2) is 22.6 Å². The standard InChI is InChI=1S/C11H17N3O/c1-11(5-3-4-6-11)14-10-12-7-9(15-2)8-13-10/h7-8H,3-6H2,1-2H3,(H,12,13,14). The summed E-state index contributed by atoms with van der Waals surface area (Å²) in [6, 6.07) is 0. The zero-order valence-electron chi connectivity index (χ0n) is 9.29. The van der Waals surface area contributed by atoms with Gasteiger partial charge in [0.25, 0.3) is 0 Å². The fourth-order valence-electron chi connectivity index (χ4n) is 2.04. The number of nitrogens with one attached hydrogen (secondary N) is 1. The molecule has 0 saturated heterocycles. The van der Waals surface area contributed by atoms with Gasteiger partial charge in [0, 0.05) is 5.54 Å². The second kappa shape index (κ2) is 4.04. The van der Waals surface area contributed by atoms with Crippen LogP contribution in [0.4, 0.5) is 5.95 Å². The molecule has 0 spiro atoms. The highest BCUT2D eigenvalue weighted by Gasteiger charge is 2.28. The topological polar surface area (TPSA) is 47.0 Å². The zero-order chi connectivity index (χ0) is 10.7. The first-order valence-corrected chi connectivity index (χ1v) is 5.36. The summed E-state index contributed by atoms with van der Waals surface area (Å²) in [5.74, 6) is 1.39. The van der Waals surface area contributed by atoms with Crippen molar-refractivity contribution >= 4 is 5.95 Å². The van der Waals surface area contributed by atoms with Crippen LogP contribution in [0.1, 0.15) is 32.6 Å². The van der Waals surface area contributed by atoms with Crippen molar-refractivity contribution in [2.45, 2.75) is 38.1 Å². The second-order valence-corrected chi connectivity index (χ2v) is 4.34. The fraction of sp³-hybridized carbons (Fsp3) is 0.636. The zero-order valence-corrected chi connectivity index (χ0v) is 9.29. The largest absolute Gasteiger partial charge is 0.494 e. The summed E-state index contributed by atoms with van der Waals surface area (Å²) in [4.78, 5) is 8.42. The van der Waals surface area contributed by atoms with Gasteiger partial charge in [-0.05, 0) is 19.8 Å². The Morgan fingerprint density at radius 1 is 1.27 bits per heavy atom. The Kier molecular flexibility index (Phi) is 2.75. The predicted octanol–water partition coefficient (Wildman–Crippen LogP) is 2.23. The first kappa shape index (κ1) is 10.2. The van der Waals surface area contributed by atoms with Crippen molar-refractivity contribution in [2.24, 2.45) is 0 Å². The summed E-state index contributed by atoms with van der Waals surface area (Å²) in [5, 5.41) is 3.39. The second-order valence-electron chi connectivity index (χ2n) is 4.34. The molecule has 1 aliphatic carbocycles. The molecule has 0 aliphatic heterocycles. The first-order valence-electron chi connectivity index (χ1n) is 5.36. The molecule has 1 saturated carbocycles. The molecule has 1 aliphatic rings. The summed E-state index contributed by atoms with van der Waals surface area (Å²) < 4.78 is 5.01. The molecule has 0 radical (unpaired) electrons. The van der Waals surface area contributed by atoms with Crippen LogP contribution in [0.2, 0.25) is 0 Å². The molecule has 1 N–H and O–H groups in total. The third kappa shape index (κ3) is 2.37. The lowest BCUT2D eigenvalue weighted by molar-refractivity contribution is 0.410. The summed E-state index contributed by atoms with van der Waals surface area (Å²) >= 11 is 0. The maximum atomic E-state index is 5.01. The van der Waals surface area contributed by atoms with Crippen LogP contribution >= 0.6 is 0 Å². The molecule has 1 heterocycles. The van der Waals surface area contributed by atoms with Gasteiger partial charge in [-0.25, -0.2) is 9.97 Å². The Morgan fingerprint density at radius 3 is 2.40 bits per heavy atom. The highest BCUT2D eigenvalue weighted by molar-refractivity contribution is 5.31. The van der Waals surface area contributed by atoms with E-state index in [9.17, 15) is 0 Å². The van der Waals surface area contributed by atoms with E-state index in [1.165, 1.54) is 25.7 Å². The van der Waals surface area contributed by atoms with Gasteiger partial charge in [-0.3, -0.25) is 0 Å². The van der Waals surface area contributed by atoms with Crippen molar-refractivity contribution in [1.82, 2.24) is 9.97 Å². The van der Waals surface area contributed by atoms with E-state index in [0.717, 1.165) is 0 Å². The number of hydrogen-bond donors (Lipinski definition) is 1. The normalized spacial score (nSPS) is 18.8. The molecular formula is C11H17N3O. The van der Waals surface area contributed by atoms with Gasteiger partial charge in [0.2, 0.25) is 5.95 Å². The summed E-state index contributed by atoms with van der Waals surface area (Å²) in [7, 11) is 1.62. The molecule has 0 atom stereocenters. The first-order chi connectivity index (χ1) is 7.22. The molecule has 1 aromatic rings. The molecule has 0 bridgehead atoms. The molecular weight excluding hydrogens is 190 g/mol. The minimum absolute atomic E-state index is 0.175. The van der Waals surface area contributed by atoms with Crippen LogP contribution in [0.15, 0.2) is 12.4 Å². The van der Waals surface area contributed by atoms with Gasteiger partial charge >= 0.3 is 0 Å². The van der Waals surface area contributed by atoms with Crippen LogP contribution in [0.3, 0.4) is 0 Å². The van der Waals surface area contributed by atoms with Gasteiger partial charge in [-0.15, -0.1) is 0 Å². The predicted molar refractivity (Wildman–Crippen MR) is 59.1 cm³/mol. The lowest BCUT2D eigenvalue weighted by Crippen LogP contribution is -2.31. The van der Waals surface area contributed by atoms with Crippen LogP contribution in [0.5, 0.6) is 5.75 Å². The van der Waals surface area contributed by atoms with Crippen molar-refractivity contribution in [3.05, 3.63) is 12.4 Å². The van der Waals surface area contributed by atoms with Crippen LogP contribution in [0.25, 0.3) is 0 Å². The molecule has 0 aromatic carbocycles. The quantitative estimate of drug-likeness (QED) is 0.825. The van der Waals surface area contributed by atoms with Crippen molar-refractivity contribution in [1.29, 1.82) is 0 Å². The minimum Gasteiger partial charge on any atom is -0.494 e. The van der Waals surface area contributed by atoms with Crippen molar-refractivity contribution in [2.75, 3.05) is 12.4 Å². The Bertz CT molecular complexity index is 317. The van der Waals surface area contributed by atoms with Gasteiger partial charge in [0.05, 0.1) is 19.5 Å². The highest BCUT2D eigenvalue weighted by atomic mass is 16.5. The minimum atomic E-state index is 0.175. The van der Waals surface area contributed by atoms with Gasteiger partial charge < -0.3 is 10.1 Å². The maximum Gasteiger partial charge on any atom is 0.223 e. The molecule has 4 heteroatoms. The molecule has 4 nitrogen and oxygen atoms in total. The van der Waals surface area contributed by atoms with Crippen LogP contribution < -0.4 is 10.1 Å². The van der Waals surface area contributed by atoms with E-state index >= 15 is 0 Å². The number of hydrogen-bond acceptors (Lipinski definition) is 4. The molecule has 2 rings (SSSR count). The number of nitrogens with zero attached hydrogens (tertiary/aromatic N) is 2. The number of methoxy groups -OCH3 is 1. The number of ether oxygens (including phenoxy) is 1.